The lowest BCUT2D eigenvalue weighted by molar-refractivity contribution is -0.385. The smallest absolute Gasteiger partial charge is 0.273 e. The predicted molar refractivity (Wildman–Crippen MR) is 122 cm³/mol. The molecule has 10 heteroatoms. The summed E-state index contributed by atoms with van der Waals surface area (Å²) in [6.07, 6.45) is 0.624. The summed E-state index contributed by atoms with van der Waals surface area (Å²) in [6.45, 7) is 6.29. The van der Waals surface area contributed by atoms with Gasteiger partial charge in [0.25, 0.3) is 11.6 Å². The molecule has 1 fully saturated rings. The number of aryl methyl sites for hydroxylation is 1. The van der Waals surface area contributed by atoms with Gasteiger partial charge in [-0.3, -0.25) is 14.9 Å². The van der Waals surface area contributed by atoms with Gasteiger partial charge < -0.3 is 19.6 Å². The van der Waals surface area contributed by atoms with E-state index in [1.165, 1.54) is 6.07 Å². The van der Waals surface area contributed by atoms with Crippen LogP contribution in [-0.2, 0) is 13.0 Å². The van der Waals surface area contributed by atoms with Gasteiger partial charge in [-0.05, 0) is 20.0 Å². The van der Waals surface area contributed by atoms with E-state index in [9.17, 15) is 14.9 Å². The van der Waals surface area contributed by atoms with E-state index < -0.39 is 4.92 Å². The first-order valence-electron chi connectivity index (χ1n) is 10.8. The van der Waals surface area contributed by atoms with Crippen LogP contribution in [0, 0.1) is 17.0 Å². The van der Waals surface area contributed by atoms with Gasteiger partial charge >= 0.3 is 0 Å². The molecule has 2 aromatic rings. The summed E-state index contributed by atoms with van der Waals surface area (Å²) in [6, 6.07) is 4.65. The third-order valence-electron chi connectivity index (χ3n) is 6.18. The minimum absolute atomic E-state index is 0.0395. The lowest BCUT2D eigenvalue weighted by atomic mass is 10.0. The molecule has 0 atom stereocenters. The fraction of sp³-hybridized carbons (Fsp3) is 0.500. The number of rotatable bonds is 4. The second-order valence-electron chi connectivity index (χ2n) is 8.69. The van der Waals surface area contributed by atoms with Gasteiger partial charge in [-0.15, -0.1) is 0 Å². The Hall–Kier alpha value is -3.27. The van der Waals surface area contributed by atoms with E-state index in [1.54, 1.807) is 24.0 Å². The summed E-state index contributed by atoms with van der Waals surface area (Å²) < 4.78 is 0. The number of fused-ring (bicyclic) bond motifs is 1. The Morgan fingerprint density at radius 2 is 1.84 bits per heavy atom. The van der Waals surface area contributed by atoms with Gasteiger partial charge in [0.15, 0.2) is 0 Å². The van der Waals surface area contributed by atoms with Crippen LogP contribution in [0.4, 0.5) is 17.5 Å². The molecule has 0 saturated carbocycles. The molecule has 1 amide bonds. The molecule has 170 valence electrons. The monoisotopic (exact) mass is 439 g/mol. The van der Waals surface area contributed by atoms with E-state index in [1.807, 2.05) is 19.0 Å². The second kappa shape index (κ2) is 8.70. The molecule has 2 aliphatic heterocycles. The number of anilines is 2. The molecule has 4 rings (SSSR count). The van der Waals surface area contributed by atoms with Crippen molar-refractivity contribution in [3.05, 3.63) is 50.7 Å². The molecule has 1 aromatic heterocycles. The Balaban J connectivity index is 1.61. The van der Waals surface area contributed by atoms with Crippen LogP contribution >= 0.6 is 0 Å². The first-order chi connectivity index (χ1) is 15.2. The summed E-state index contributed by atoms with van der Waals surface area (Å²) in [5, 5.41) is 11.3. The number of hydrogen-bond acceptors (Lipinski definition) is 8. The van der Waals surface area contributed by atoms with E-state index in [4.69, 9.17) is 9.97 Å². The van der Waals surface area contributed by atoms with E-state index in [-0.39, 0.29) is 11.6 Å². The van der Waals surface area contributed by atoms with Crippen LogP contribution in [-0.4, -0.2) is 84.5 Å². The summed E-state index contributed by atoms with van der Waals surface area (Å²) in [7, 11) is 6.01. The number of likely N-dealkylation sites (N-methyl/N-ethyl adjacent to an activating group) is 1. The molecule has 10 nitrogen and oxygen atoms in total. The highest BCUT2D eigenvalue weighted by atomic mass is 16.6. The normalized spacial score (nSPS) is 16.6. The zero-order valence-electron chi connectivity index (χ0n) is 19.0. The van der Waals surface area contributed by atoms with Crippen LogP contribution in [0.3, 0.4) is 0 Å². The maximum atomic E-state index is 13.2. The molecule has 0 bridgehead atoms. The maximum absolute atomic E-state index is 13.2. The minimum atomic E-state index is -0.449. The van der Waals surface area contributed by atoms with Crippen LogP contribution in [0.1, 0.15) is 27.2 Å². The van der Waals surface area contributed by atoms with E-state index in [0.29, 0.717) is 30.6 Å². The molecule has 3 heterocycles. The van der Waals surface area contributed by atoms with Gasteiger partial charge in [-0.1, -0.05) is 6.07 Å². The molecule has 0 radical (unpaired) electrons. The van der Waals surface area contributed by atoms with Crippen LogP contribution in [0.25, 0.3) is 0 Å². The molecule has 1 saturated heterocycles. The van der Waals surface area contributed by atoms with Crippen molar-refractivity contribution in [2.24, 2.45) is 0 Å². The number of carbonyl (C=O) groups excluding carboxylic acids is 1. The molecular formula is C22H29N7O3. The molecule has 0 spiro atoms. The number of nitrogens with zero attached hydrogens (tertiary/aromatic N) is 7. The zero-order chi connectivity index (χ0) is 23.0. The Morgan fingerprint density at radius 1 is 1.12 bits per heavy atom. The van der Waals surface area contributed by atoms with Crippen molar-refractivity contribution in [3.8, 4) is 0 Å². The van der Waals surface area contributed by atoms with Gasteiger partial charge in [0.05, 0.1) is 17.2 Å². The molecule has 0 N–H and O–H groups in total. The van der Waals surface area contributed by atoms with E-state index >= 15 is 0 Å². The largest absolute Gasteiger partial charge is 0.362 e. The first kappa shape index (κ1) is 21.9. The number of piperazine rings is 1. The Morgan fingerprint density at radius 3 is 2.50 bits per heavy atom. The Kier molecular flexibility index (Phi) is 5.96. The quantitative estimate of drug-likeness (QED) is 0.524. The standard InChI is InChI=1S/C22H29N7O3/c1-15-5-6-16(13-19(15)29(31)32)21(30)28-8-7-18-17(14-28)20(25(2)3)24-22(23-18)27-11-9-26(4)10-12-27/h5-6,13H,7-12,14H2,1-4H3. The van der Waals surface area contributed by atoms with E-state index in [2.05, 4.69) is 16.8 Å². The zero-order valence-corrected chi connectivity index (χ0v) is 19.0. The number of benzene rings is 1. The number of amides is 1. The fourth-order valence-electron chi connectivity index (χ4n) is 4.20. The summed E-state index contributed by atoms with van der Waals surface area (Å²) >= 11 is 0. The first-order valence-corrected chi connectivity index (χ1v) is 10.8. The minimum Gasteiger partial charge on any atom is -0.362 e. The maximum Gasteiger partial charge on any atom is 0.273 e. The van der Waals surface area contributed by atoms with Crippen molar-refractivity contribution in [1.82, 2.24) is 19.8 Å². The Bertz CT molecular complexity index is 1050. The summed E-state index contributed by atoms with van der Waals surface area (Å²) in [5.41, 5.74) is 2.73. The SMILES string of the molecule is Cc1ccc(C(=O)N2CCc3nc(N4CCN(C)CC4)nc(N(C)C)c3C2)cc1[N+](=O)[O-]. The fourth-order valence-corrected chi connectivity index (χ4v) is 4.20. The van der Waals surface area contributed by atoms with Crippen molar-refractivity contribution in [1.29, 1.82) is 0 Å². The lowest BCUT2D eigenvalue weighted by Crippen LogP contribution is -2.45. The molecule has 0 unspecified atom stereocenters. The van der Waals surface area contributed by atoms with Crippen LogP contribution in [0.2, 0.25) is 0 Å². The number of hydrogen-bond donors (Lipinski definition) is 0. The van der Waals surface area contributed by atoms with Crippen LogP contribution in [0.5, 0.6) is 0 Å². The van der Waals surface area contributed by atoms with Gasteiger partial charge in [-0.2, -0.15) is 4.98 Å². The van der Waals surface area contributed by atoms with Crippen LogP contribution in [0.15, 0.2) is 18.2 Å². The molecule has 2 aliphatic rings. The van der Waals surface area contributed by atoms with Crippen molar-refractivity contribution in [2.75, 3.05) is 63.7 Å². The number of nitro groups is 1. The predicted octanol–water partition coefficient (Wildman–Crippen LogP) is 1.71. The molecule has 0 aliphatic carbocycles. The highest BCUT2D eigenvalue weighted by Crippen LogP contribution is 2.29. The van der Waals surface area contributed by atoms with Crippen molar-refractivity contribution in [2.45, 2.75) is 19.9 Å². The van der Waals surface area contributed by atoms with Gasteiger partial charge in [-0.25, -0.2) is 4.98 Å². The molecule has 1 aromatic carbocycles. The summed E-state index contributed by atoms with van der Waals surface area (Å²) in [4.78, 5) is 41.9. The highest BCUT2D eigenvalue weighted by Gasteiger charge is 2.29. The van der Waals surface area contributed by atoms with Gasteiger partial charge in [0.2, 0.25) is 5.95 Å². The Labute approximate surface area is 187 Å². The topological polar surface area (TPSA) is 99.0 Å². The molecule has 32 heavy (non-hydrogen) atoms. The van der Waals surface area contributed by atoms with Gasteiger partial charge in [0, 0.05) is 76.0 Å². The lowest BCUT2D eigenvalue weighted by Gasteiger charge is -2.35. The average molecular weight is 440 g/mol. The third-order valence-corrected chi connectivity index (χ3v) is 6.18. The van der Waals surface area contributed by atoms with E-state index in [0.717, 1.165) is 49.2 Å². The molecular weight excluding hydrogens is 410 g/mol. The third kappa shape index (κ3) is 4.22. The number of carbonyl (C=O) groups is 1. The highest BCUT2D eigenvalue weighted by molar-refractivity contribution is 5.95. The van der Waals surface area contributed by atoms with Crippen molar-refractivity contribution < 1.29 is 9.72 Å². The average Bonchev–Trinajstić information content (AvgIpc) is 2.78. The summed E-state index contributed by atoms with van der Waals surface area (Å²) in [5.74, 6) is 1.34. The number of nitro benzene ring substituents is 1. The van der Waals surface area contributed by atoms with Crippen molar-refractivity contribution >= 4 is 23.4 Å². The van der Waals surface area contributed by atoms with Crippen molar-refractivity contribution in [3.63, 3.8) is 0 Å². The second-order valence-corrected chi connectivity index (χ2v) is 8.69. The number of aromatic nitrogens is 2. The van der Waals surface area contributed by atoms with Gasteiger partial charge in [0.1, 0.15) is 5.82 Å². The van der Waals surface area contributed by atoms with Crippen LogP contribution < -0.4 is 9.80 Å².